The molecule has 0 spiro atoms. The molecule has 2 aliphatic rings. The van der Waals surface area contributed by atoms with Crippen molar-refractivity contribution >= 4 is 29.4 Å². The maximum absolute atomic E-state index is 13.5. The van der Waals surface area contributed by atoms with Crippen LogP contribution in [0.4, 0.5) is 19.3 Å². The van der Waals surface area contributed by atoms with Crippen molar-refractivity contribution < 1.29 is 28.0 Å². The summed E-state index contributed by atoms with van der Waals surface area (Å²) in [6.07, 6.45) is 2.93. The normalized spacial score (nSPS) is 18.4. The maximum Gasteiger partial charge on any atom is 0.334 e. The molecule has 25 heavy (non-hydrogen) atoms. The van der Waals surface area contributed by atoms with E-state index < -0.39 is 47.6 Å². The fourth-order valence-electron chi connectivity index (χ4n) is 3.09. The third kappa shape index (κ3) is 3.09. The smallest absolute Gasteiger partial charge is 0.320 e. The Morgan fingerprint density at radius 1 is 1.08 bits per heavy atom. The monoisotopic (exact) mass is 351 g/mol. The van der Waals surface area contributed by atoms with Gasteiger partial charge in [-0.3, -0.25) is 19.3 Å². The minimum atomic E-state index is -1.11. The number of hydrogen-bond acceptors (Lipinski definition) is 4. The Bertz CT molecular complexity index is 741. The minimum Gasteiger partial charge on any atom is -0.320 e. The molecular formula is C16H15F2N3O4. The van der Waals surface area contributed by atoms with Gasteiger partial charge >= 0.3 is 17.8 Å². The third-order valence-corrected chi connectivity index (χ3v) is 4.30. The Hall–Kier alpha value is -2.84. The van der Waals surface area contributed by atoms with Gasteiger partial charge in [-0.05, 0) is 25.0 Å². The first-order valence-corrected chi connectivity index (χ1v) is 7.83. The summed E-state index contributed by atoms with van der Waals surface area (Å²) in [5.74, 6) is -5.04. The molecule has 1 aromatic carbocycles. The summed E-state index contributed by atoms with van der Waals surface area (Å²) in [7, 11) is 0. The molecule has 1 heterocycles. The SMILES string of the molecule is O=C(CN1C(=O)C(=O)N(C2CCCC2)C1=O)Nc1c(F)cccc1F. The summed E-state index contributed by atoms with van der Waals surface area (Å²) in [5.41, 5.74) is -0.675. The van der Waals surface area contributed by atoms with Gasteiger partial charge < -0.3 is 5.32 Å². The van der Waals surface area contributed by atoms with Crippen LogP contribution in [0.5, 0.6) is 0 Å². The molecule has 0 aromatic heterocycles. The Morgan fingerprint density at radius 2 is 1.68 bits per heavy atom. The van der Waals surface area contributed by atoms with Gasteiger partial charge in [-0.15, -0.1) is 0 Å². The van der Waals surface area contributed by atoms with Gasteiger partial charge in [0.15, 0.2) is 0 Å². The lowest BCUT2D eigenvalue weighted by molar-refractivity contribution is -0.144. The molecule has 0 bridgehead atoms. The highest BCUT2D eigenvalue weighted by Gasteiger charge is 2.48. The van der Waals surface area contributed by atoms with Gasteiger partial charge in [0, 0.05) is 6.04 Å². The van der Waals surface area contributed by atoms with Crippen molar-refractivity contribution in [1.29, 1.82) is 0 Å². The van der Waals surface area contributed by atoms with Gasteiger partial charge in [-0.2, -0.15) is 0 Å². The first-order chi connectivity index (χ1) is 11.9. The predicted molar refractivity (Wildman–Crippen MR) is 81.2 cm³/mol. The molecule has 1 saturated heterocycles. The van der Waals surface area contributed by atoms with Gasteiger partial charge in [0.05, 0.1) is 0 Å². The van der Waals surface area contributed by atoms with E-state index in [4.69, 9.17) is 0 Å². The summed E-state index contributed by atoms with van der Waals surface area (Å²) >= 11 is 0. The minimum absolute atomic E-state index is 0.346. The summed E-state index contributed by atoms with van der Waals surface area (Å²) in [6.45, 7) is -0.791. The molecule has 1 aromatic rings. The number of carbonyl (C=O) groups is 4. The third-order valence-electron chi connectivity index (χ3n) is 4.30. The molecule has 1 saturated carbocycles. The molecule has 0 unspecified atom stereocenters. The number of carbonyl (C=O) groups excluding carboxylic acids is 4. The summed E-state index contributed by atoms with van der Waals surface area (Å²) in [4.78, 5) is 49.7. The number of anilines is 1. The quantitative estimate of drug-likeness (QED) is 0.660. The second kappa shape index (κ2) is 6.58. The number of para-hydroxylation sites is 1. The largest absolute Gasteiger partial charge is 0.334 e. The molecule has 0 atom stereocenters. The number of hydrogen-bond donors (Lipinski definition) is 1. The highest BCUT2D eigenvalue weighted by atomic mass is 19.1. The maximum atomic E-state index is 13.5. The fourth-order valence-corrected chi connectivity index (χ4v) is 3.09. The van der Waals surface area contributed by atoms with Gasteiger partial charge in [-0.1, -0.05) is 18.9 Å². The summed E-state index contributed by atoms with van der Waals surface area (Å²) < 4.78 is 27.1. The lowest BCUT2D eigenvalue weighted by Crippen LogP contribution is -2.41. The fraction of sp³-hybridized carbons (Fsp3) is 0.375. The molecule has 9 heteroatoms. The summed E-state index contributed by atoms with van der Waals surface area (Å²) in [5, 5.41) is 1.98. The Kier molecular flexibility index (Phi) is 4.47. The number of nitrogens with zero attached hydrogens (tertiary/aromatic N) is 2. The Balaban J connectivity index is 1.71. The van der Waals surface area contributed by atoms with Crippen LogP contribution in [0.3, 0.4) is 0 Å². The number of rotatable bonds is 4. The van der Waals surface area contributed by atoms with Gasteiger partial charge in [0.2, 0.25) is 5.91 Å². The van der Waals surface area contributed by atoms with Crippen molar-refractivity contribution in [3.05, 3.63) is 29.8 Å². The number of benzene rings is 1. The second-order valence-corrected chi connectivity index (χ2v) is 5.93. The lowest BCUT2D eigenvalue weighted by Gasteiger charge is -2.20. The van der Waals surface area contributed by atoms with E-state index in [1.807, 2.05) is 5.32 Å². The molecule has 132 valence electrons. The van der Waals surface area contributed by atoms with Crippen LogP contribution in [-0.4, -0.2) is 46.1 Å². The topological polar surface area (TPSA) is 86.8 Å². The van der Waals surface area contributed by atoms with Crippen molar-refractivity contribution in [2.24, 2.45) is 0 Å². The van der Waals surface area contributed by atoms with Crippen LogP contribution < -0.4 is 5.32 Å². The Morgan fingerprint density at radius 3 is 2.28 bits per heavy atom. The molecule has 5 amide bonds. The van der Waals surface area contributed by atoms with Crippen molar-refractivity contribution in [1.82, 2.24) is 9.80 Å². The highest BCUT2D eigenvalue weighted by Crippen LogP contribution is 2.27. The first kappa shape index (κ1) is 17.0. The molecular weight excluding hydrogens is 336 g/mol. The van der Waals surface area contributed by atoms with Crippen LogP contribution in [-0.2, 0) is 14.4 Å². The van der Waals surface area contributed by atoms with E-state index in [1.165, 1.54) is 0 Å². The molecule has 2 fully saturated rings. The molecule has 3 rings (SSSR count). The predicted octanol–water partition coefficient (Wildman–Crippen LogP) is 1.64. The molecule has 0 radical (unpaired) electrons. The van der Waals surface area contributed by atoms with Crippen LogP contribution in [0.1, 0.15) is 25.7 Å². The molecule has 7 nitrogen and oxygen atoms in total. The standard InChI is InChI=1S/C16H15F2N3O4/c17-10-6-3-7-11(18)13(10)19-12(22)8-20-14(23)15(24)21(16(20)25)9-4-1-2-5-9/h3,6-7,9H,1-2,4-5,8H2,(H,19,22). The van der Waals surface area contributed by atoms with E-state index in [-0.39, 0.29) is 6.04 Å². The van der Waals surface area contributed by atoms with Gasteiger partial charge in [0.25, 0.3) is 0 Å². The van der Waals surface area contributed by atoms with E-state index in [0.717, 1.165) is 35.9 Å². The van der Waals surface area contributed by atoms with E-state index in [9.17, 15) is 28.0 Å². The number of urea groups is 1. The first-order valence-electron chi connectivity index (χ1n) is 7.83. The zero-order chi connectivity index (χ0) is 18.1. The van der Waals surface area contributed by atoms with Crippen LogP contribution >= 0.6 is 0 Å². The molecule has 1 aliphatic heterocycles. The lowest BCUT2D eigenvalue weighted by atomic mass is 10.2. The van der Waals surface area contributed by atoms with Gasteiger partial charge in [0.1, 0.15) is 23.9 Å². The zero-order valence-electron chi connectivity index (χ0n) is 13.1. The van der Waals surface area contributed by atoms with Crippen molar-refractivity contribution in [3.63, 3.8) is 0 Å². The zero-order valence-corrected chi connectivity index (χ0v) is 13.1. The van der Waals surface area contributed by atoms with Gasteiger partial charge in [-0.25, -0.2) is 18.5 Å². The van der Waals surface area contributed by atoms with Crippen LogP contribution in [0.15, 0.2) is 18.2 Å². The van der Waals surface area contributed by atoms with E-state index in [2.05, 4.69) is 0 Å². The van der Waals surface area contributed by atoms with E-state index in [1.54, 1.807) is 0 Å². The highest BCUT2D eigenvalue weighted by molar-refractivity contribution is 6.45. The van der Waals surface area contributed by atoms with Crippen molar-refractivity contribution in [3.8, 4) is 0 Å². The second-order valence-electron chi connectivity index (χ2n) is 5.93. The molecule has 1 N–H and O–H groups in total. The van der Waals surface area contributed by atoms with E-state index >= 15 is 0 Å². The van der Waals surface area contributed by atoms with E-state index in [0.29, 0.717) is 17.7 Å². The number of imide groups is 2. The molecule has 1 aliphatic carbocycles. The average molecular weight is 351 g/mol. The average Bonchev–Trinajstić information content (AvgIpc) is 3.15. The van der Waals surface area contributed by atoms with Crippen molar-refractivity contribution in [2.45, 2.75) is 31.7 Å². The van der Waals surface area contributed by atoms with Crippen molar-refractivity contribution in [2.75, 3.05) is 11.9 Å². The van der Waals surface area contributed by atoms with Crippen LogP contribution in [0, 0.1) is 11.6 Å². The number of halogens is 2. The Labute approximate surface area is 141 Å². The van der Waals surface area contributed by atoms with Crippen LogP contribution in [0.2, 0.25) is 0 Å². The van der Waals surface area contributed by atoms with Crippen LogP contribution in [0.25, 0.3) is 0 Å². The number of amides is 5. The number of nitrogens with one attached hydrogen (secondary N) is 1. The summed E-state index contributed by atoms with van der Waals surface area (Å²) in [6, 6.07) is 1.82.